The molecule has 3 aromatic rings. The number of hydrogen-bond acceptors (Lipinski definition) is 4. The Balaban J connectivity index is 1.60. The summed E-state index contributed by atoms with van der Waals surface area (Å²) >= 11 is 11.7. The molecular weight excluding hydrogens is 458 g/mol. The zero-order valence-corrected chi connectivity index (χ0v) is 19.5. The molecule has 168 valence electrons. The molecule has 8 heteroatoms. The molecule has 1 aliphatic heterocycles. The van der Waals surface area contributed by atoms with E-state index in [0.717, 1.165) is 5.56 Å². The van der Waals surface area contributed by atoms with Gasteiger partial charge in [0.1, 0.15) is 11.8 Å². The van der Waals surface area contributed by atoms with Crippen LogP contribution in [0.5, 0.6) is 5.75 Å². The van der Waals surface area contributed by atoms with E-state index in [1.54, 1.807) is 60.5 Å². The van der Waals surface area contributed by atoms with Gasteiger partial charge in [-0.2, -0.15) is 0 Å². The van der Waals surface area contributed by atoms with Gasteiger partial charge in [-0.3, -0.25) is 14.5 Å². The third-order valence-electron chi connectivity index (χ3n) is 5.35. The van der Waals surface area contributed by atoms with Crippen molar-refractivity contribution in [1.82, 2.24) is 4.90 Å². The molecule has 0 aromatic heterocycles. The number of nitrogens with zero attached hydrogens (tertiary/aromatic N) is 2. The number of thiocarbonyl (C=S) groups is 1. The van der Waals surface area contributed by atoms with Crippen LogP contribution in [0, 0.1) is 0 Å². The highest BCUT2D eigenvalue weighted by Crippen LogP contribution is 2.30. The Morgan fingerprint density at radius 3 is 2.33 bits per heavy atom. The molecule has 0 bridgehead atoms. The first-order valence-electron chi connectivity index (χ1n) is 10.3. The van der Waals surface area contributed by atoms with Crippen molar-refractivity contribution in [2.45, 2.75) is 19.0 Å². The summed E-state index contributed by atoms with van der Waals surface area (Å²) in [6.07, 6.45) is -0.0336. The highest BCUT2D eigenvalue weighted by Gasteiger charge is 2.44. The summed E-state index contributed by atoms with van der Waals surface area (Å²) < 4.78 is 5.22. The zero-order valence-electron chi connectivity index (χ0n) is 17.9. The molecule has 6 nitrogen and oxygen atoms in total. The third kappa shape index (κ3) is 5.16. The molecule has 1 atom stereocenters. The van der Waals surface area contributed by atoms with Gasteiger partial charge in [0.05, 0.1) is 19.2 Å². The maximum atomic E-state index is 13.5. The number of halogens is 1. The van der Waals surface area contributed by atoms with Crippen molar-refractivity contribution >= 4 is 52.1 Å². The van der Waals surface area contributed by atoms with E-state index in [1.807, 2.05) is 30.3 Å². The molecule has 0 radical (unpaired) electrons. The normalized spacial score (nSPS) is 15.6. The Labute approximate surface area is 202 Å². The minimum absolute atomic E-state index is 0.0336. The quantitative estimate of drug-likeness (QED) is 0.489. The molecule has 1 N–H and O–H groups in total. The SMILES string of the molecule is COc1ccc(N2C(=O)C(CC(=O)Nc3ccccc3)N(Cc3ccc(Cl)cc3)C2=S)cc1. The van der Waals surface area contributed by atoms with Crippen LogP contribution < -0.4 is 15.0 Å². The first-order valence-corrected chi connectivity index (χ1v) is 11.1. The van der Waals surface area contributed by atoms with E-state index in [1.165, 1.54) is 4.90 Å². The first kappa shape index (κ1) is 22.8. The lowest BCUT2D eigenvalue weighted by atomic mass is 10.1. The fraction of sp³-hybridized carbons (Fsp3) is 0.160. The summed E-state index contributed by atoms with van der Waals surface area (Å²) in [5.41, 5.74) is 2.23. The summed E-state index contributed by atoms with van der Waals surface area (Å²) in [6.45, 7) is 0.373. The zero-order chi connectivity index (χ0) is 23.4. The second-order valence-electron chi connectivity index (χ2n) is 7.54. The van der Waals surface area contributed by atoms with E-state index < -0.39 is 6.04 Å². The minimum atomic E-state index is -0.737. The van der Waals surface area contributed by atoms with Crippen LogP contribution in [0.4, 0.5) is 11.4 Å². The van der Waals surface area contributed by atoms with Gasteiger partial charge in [0.25, 0.3) is 5.91 Å². The summed E-state index contributed by atoms with van der Waals surface area (Å²) in [5, 5.41) is 3.82. The van der Waals surface area contributed by atoms with Gasteiger partial charge in [-0.25, -0.2) is 0 Å². The van der Waals surface area contributed by atoms with Gasteiger partial charge in [-0.05, 0) is 66.3 Å². The standard InChI is InChI=1S/C25H22ClN3O3S/c1-32-21-13-11-20(12-14-21)29-24(31)22(15-23(30)27-19-5-3-2-4-6-19)28(25(29)33)16-17-7-9-18(26)10-8-17/h2-14,22H,15-16H2,1H3,(H,27,30). The van der Waals surface area contributed by atoms with E-state index in [2.05, 4.69) is 5.32 Å². The maximum absolute atomic E-state index is 13.5. The van der Waals surface area contributed by atoms with E-state index in [0.29, 0.717) is 33.8 Å². The molecule has 0 spiro atoms. The summed E-state index contributed by atoms with van der Waals surface area (Å²) in [7, 11) is 1.58. The molecule has 4 rings (SSSR count). The van der Waals surface area contributed by atoms with Crippen LogP contribution in [-0.4, -0.2) is 35.0 Å². The van der Waals surface area contributed by atoms with Crippen LogP contribution >= 0.6 is 23.8 Å². The van der Waals surface area contributed by atoms with Crippen LogP contribution in [0.2, 0.25) is 5.02 Å². The van der Waals surface area contributed by atoms with Gasteiger partial charge < -0.3 is 15.0 Å². The lowest BCUT2D eigenvalue weighted by Crippen LogP contribution is -2.37. The predicted molar refractivity (Wildman–Crippen MR) is 134 cm³/mol. The number of carbonyl (C=O) groups is 2. The molecule has 3 aromatic carbocycles. The number of ether oxygens (including phenoxy) is 1. The number of hydrogen-bond donors (Lipinski definition) is 1. The van der Waals surface area contributed by atoms with Gasteiger partial charge in [-0.1, -0.05) is 41.9 Å². The second-order valence-corrected chi connectivity index (χ2v) is 8.34. The number of rotatable bonds is 7. The number of benzene rings is 3. The van der Waals surface area contributed by atoms with Crippen molar-refractivity contribution in [3.05, 3.63) is 89.4 Å². The van der Waals surface area contributed by atoms with E-state index in [4.69, 9.17) is 28.6 Å². The Kier molecular flexibility index (Phi) is 6.91. The topological polar surface area (TPSA) is 61.9 Å². The molecular formula is C25H22ClN3O3S. The highest BCUT2D eigenvalue weighted by molar-refractivity contribution is 7.80. The van der Waals surface area contributed by atoms with Crippen LogP contribution in [0.25, 0.3) is 0 Å². The molecule has 1 aliphatic rings. The molecule has 1 saturated heterocycles. The number of anilines is 2. The molecule has 0 aliphatic carbocycles. The average Bonchev–Trinajstić information content (AvgIpc) is 3.05. The fourth-order valence-electron chi connectivity index (χ4n) is 3.68. The van der Waals surface area contributed by atoms with Crippen LogP contribution in [-0.2, 0) is 16.1 Å². The van der Waals surface area contributed by atoms with Gasteiger partial charge in [0, 0.05) is 17.3 Å². The van der Waals surface area contributed by atoms with Crippen molar-refractivity contribution in [3.63, 3.8) is 0 Å². The fourth-order valence-corrected chi connectivity index (χ4v) is 4.19. The first-order chi connectivity index (χ1) is 16.0. The van der Waals surface area contributed by atoms with Crippen LogP contribution in [0.3, 0.4) is 0 Å². The van der Waals surface area contributed by atoms with Crippen molar-refractivity contribution < 1.29 is 14.3 Å². The molecule has 2 amide bonds. The van der Waals surface area contributed by atoms with Crippen molar-refractivity contribution in [2.24, 2.45) is 0 Å². The number of para-hydroxylation sites is 1. The molecule has 1 heterocycles. The molecule has 0 saturated carbocycles. The number of nitrogens with one attached hydrogen (secondary N) is 1. The molecule has 1 unspecified atom stereocenters. The third-order valence-corrected chi connectivity index (χ3v) is 6.02. The number of carbonyl (C=O) groups excluding carboxylic acids is 2. The highest BCUT2D eigenvalue weighted by atomic mass is 35.5. The van der Waals surface area contributed by atoms with E-state index >= 15 is 0 Å². The van der Waals surface area contributed by atoms with Gasteiger partial charge in [-0.15, -0.1) is 0 Å². The monoisotopic (exact) mass is 479 g/mol. The lowest BCUT2D eigenvalue weighted by Gasteiger charge is -2.24. The Morgan fingerprint density at radius 2 is 1.70 bits per heavy atom. The number of methoxy groups -OCH3 is 1. The van der Waals surface area contributed by atoms with Crippen LogP contribution in [0.1, 0.15) is 12.0 Å². The van der Waals surface area contributed by atoms with Crippen LogP contribution in [0.15, 0.2) is 78.9 Å². The van der Waals surface area contributed by atoms with E-state index in [-0.39, 0.29) is 18.2 Å². The summed E-state index contributed by atoms with van der Waals surface area (Å²) in [5.74, 6) is 0.163. The Hall–Kier alpha value is -3.42. The molecule has 33 heavy (non-hydrogen) atoms. The number of amides is 2. The summed E-state index contributed by atoms with van der Waals surface area (Å²) in [6, 6.07) is 22.8. The lowest BCUT2D eigenvalue weighted by molar-refractivity contribution is -0.124. The minimum Gasteiger partial charge on any atom is -0.497 e. The maximum Gasteiger partial charge on any atom is 0.256 e. The smallest absolute Gasteiger partial charge is 0.256 e. The van der Waals surface area contributed by atoms with Gasteiger partial charge in [0.2, 0.25) is 5.91 Å². The van der Waals surface area contributed by atoms with Gasteiger partial charge in [0.15, 0.2) is 5.11 Å². The average molecular weight is 480 g/mol. The van der Waals surface area contributed by atoms with Gasteiger partial charge >= 0.3 is 0 Å². The van der Waals surface area contributed by atoms with Crippen molar-refractivity contribution in [3.8, 4) is 5.75 Å². The summed E-state index contributed by atoms with van der Waals surface area (Å²) in [4.78, 5) is 29.5. The second kappa shape index (κ2) is 10.0. The van der Waals surface area contributed by atoms with Crippen molar-refractivity contribution in [2.75, 3.05) is 17.3 Å². The van der Waals surface area contributed by atoms with Crippen molar-refractivity contribution in [1.29, 1.82) is 0 Å². The molecule has 1 fully saturated rings. The predicted octanol–water partition coefficient (Wildman–Crippen LogP) is 4.88. The Bertz CT molecular complexity index is 1150. The van der Waals surface area contributed by atoms with E-state index in [9.17, 15) is 9.59 Å². The Morgan fingerprint density at radius 1 is 1.03 bits per heavy atom. The largest absolute Gasteiger partial charge is 0.497 e.